The first kappa shape index (κ1) is 14.4. The summed E-state index contributed by atoms with van der Waals surface area (Å²) in [7, 11) is 0.503. The van der Waals surface area contributed by atoms with Gasteiger partial charge >= 0.3 is 0 Å². The topological polar surface area (TPSA) is 23.5 Å². The summed E-state index contributed by atoms with van der Waals surface area (Å²) < 4.78 is 0. The molecular formula is C18H22NOP. The van der Waals surface area contributed by atoms with Gasteiger partial charge in [-0.15, -0.1) is 0 Å². The zero-order valence-corrected chi connectivity index (χ0v) is 13.5. The molecule has 1 atom stereocenters. The van der Waals surface area contributed by atoms with Crippen molar-refractivity contribution < 1.29 is 5.11 Å². The Bertz CT molecular complexity index is 620. The number of aryl methyl sites for hydroxylation is 1. The van der Waals surface area contributed by atoms with Crippen LogP contribution in [0.15, 0.2) is 42.5 Å². The number of benzene rings is 2. The first-order chi connectivity index (χ1) is 10.2. The fourth-order valence-electron chi connectivity index (χ4n) is 2.87. The first-order valence-electron chi connectivity index (χ1n) is 7.65. The van der Waals surface area contributed by atoms with Crippen molar-refractivity contribution in [2.75, 3.05) is 18.0 Å². The summed E-state index contributed by atoms with van der Waals surface area (Å²) in [6.07, 6.45) is 3.92. The smallest absolute Gasteiger partial charge is 0.123 e. The summed E-state index contributed by atoms with van der Waals surface area (Å²) >= 11 is 0. The molecule has 1 fully saturated rings. The minimum atomic E-state index is 0.404. The summed E-state index contributed by atoms with van der Waals surface area (Å²) in [6, 6.07) is 14.4. The standard InChI is InChI=1S/C18H22NOP/c1-14-9-10-17(21-18-8-4-3-7-16(18)20)15(13-14)19-11-5-2-6-12-19/h3-4,7-10,13,20-21H,2,5-6,11-12H2,1H3. The summed E-state index contributed by atoms with van der Waals surface area (Å²) in [6.45, 7) is 4.46. The average molecular weight is 299 g/mol. The van der Waals surface area contributed by atoms with Crippen molar-refractivity contribution in [2.24, 2.45) is 0 Å². The van der Waals surface area contributed by atoms with Crippen LogP contribution in [0.5, 0.6) is 5.75 Å². The highest BCUT2D eigenvalue weighted by Crippen LogP contribution is 2.27. The number of rotatable bonds is 3. The number of nitrogens with zero attached hydrogens (tertiary/aromatic N) is 1. The summed E-state index contributed by atoms with van der Waals surface area (Å²) in [4.78, 5) is 2.51. The third-order valence-electron chi connectivity index (χ3n) is 4.02. The van der Waals surface area contributed by atoms with E-state index in [4.69, 9.17) is 0 Å². The molecule has 21 heavy (non-hydrogen) atoms. The molecule has 0 aliphatic carbocycles. The van der Waals surface area contributed by atoms with Gasteiger partial charge < -0.3 is 10.0 Å². The Labute approximate surface area is 128 Å². The number of phenols is 1. The summed E-state index contributed by atoms with van der Waals surface area (Å²) in [5, 5.41) is 12.4. The minimum absolute atomic E-state index is 0.404. The number of hydrogen-bond acceptors (Lipinski definition) is 2. The molecule has 0 amide bonds. The normalized spacial score (nSPS) is 15.8. The molecule has 0 radical (unpaired) electrons. The van der Waals surface area contributed by atoms with E-state index < -0.39 is 0 Å². The molecule has 1 aliphatic heterocycles. The van der Waals surface area contributed by atoms with Crippen LogP contribution in [-0.2, 0) is 0 Å². The van der Waals surface area contributed by atoms with E-state index in [1.807, 2.05) is 18.2 Å². The van der Waals surface area contributed by atoms with Crippen molar-refractivity contribution in [1.82, 2.24) is 0 Å². The molecule has 0 spiro atoms. The maximum absolute atomic E-state index is 10.0. The number of aromatic hydroxyl groups is 1. The van der Waals surface area contributed by atoms with Crippen molar-refractivity contribution >= 4 is 24.9 Å². The van der Waals surface area contributed by atoms with Gasteiger partial charge in [0.15, 0.2) is 0 Å². The van der Waals surface area contributed by atoms with Crippen molar-refractivity contribution in [1.29, 1.82) is 0 Å². The van der Waals surface area contributed by atoms with Gasteiger partial charge in [-0.25, -0.2) is 0 Å². The highest BCUT2D eigenvalue weighted by Gasteiger charge is 2.15. The zero-order chi connectivity index (χ0) is 14.7. The number of phenolic OH excluding ortho intramolecular Hbond substituents is 1. The van der Waals surface area contributed by atoms with E-state index in [2.05, 4.69) is 30.0 Å². The molecule has 110 valence electrons. The van der Waals surface area contributed by atoms with E-state index in [0.29, 0.717) is 14.3 Å². The number of para-hydroxylation sites is 1. The Morgan fingerprint density at radius 1 is 0.952 bits per heavy atom. The monoisotopic (exact) mass is 299 g/mol. The van der Waals surface area contributed by atoms with E-state index in [-0.39, 0.29) is 0 Å². The van der Waals surface area contributed by atoms with Crippen molar-refractivity contribution in [3.05, 3.63) is 48.0 Å². The number of anilines is 1. The van der Waals surface area contributed by atoms with Crippen LogP contribution < -0.4 is 15.5 Å². The van der Waals surface area contributed by atoms with E-state index in [0.717, 1.165) is 18.4 Å². The number of piperidine rings is 1. The van der Waals surface area contributed by atoms with Crippen LogP contribution in [0.4, 0.5) is 5.69 Å². The molecule has 2 aromatic rings. The first-order valence-corrected chi connectivity index (χ1v) is 8.65. The van der Waals surface area contributed by atoms with Gasteiger partial charge in [-0.2, -0.15) is 0 Å². The highest BCUT2D eigenvalue weighted by atomic mass is 31.1. The Hall–Kier alpha value is -1.53. The SMILES string of the molecule is Cc1ccc(Pc2ccccc2O)c(N2CCCCC2)c1. The van der Waals surface area contributed by atoms with Crippen LogP contribution in [-0.4, -0.2) is 18.2 Å². The fraction of sp³-hybridized carbons (Fsp3) is 0.333. The molecule has 1 unspecified atom stereocenters. The Morgan fingerprint density at radius 3 is 2.48 bits per heavy atom. The lowest BCUT2D eigenvalue weighted by molar-refractivity contribution is 0.480. The second-order valence-electron chi connectivity index (χ2n) is 5.71. The predicted molar refractivity (Wildman–Crippen MR) is 92.9 cm³/mol. The van der Waals surface area contributed by atoms with Gasteiger partial charge in [-0.05, 0) is 43.9 Å². The maximum Gasteiger partial charge on any atom is 0.123 e. The van der Waals surface area contributed by atoms with Gasteiger partial charge in [0.2, 0.25) is 0 Å². The van der Waals surface area contributed by atoms with Gasteiger partial charge in [-0.1, -0.05) is 38.9 Å². The molecule has 1 N–H and O–H groups in total. The summed E-state index contributed by atoms with van der Waals surface area (Å²) in [5.41, 5.74) is 2.66. The lowest BCUT2D eigenvalue weighted by Crippen LogP contribution is -2.32. The lowest BCUT2D eigenvalue weighted by Gasteiger charge is -2.31. The second-order valence-corrected chi connectivity index (χ2v) is 7.04. The zero-order valence-electron chi connectivity index (χ0n) is 12.5. The molecule has 0 saturated carbocycles. The Kier molecular flexibility index (Phi) is 4.45. The van der Waals surface area contributed by atoms with Crippen LogP contribution in [0.1, 0.15) is 24.8 Å². The minimum Gasteiger partial charge on any atom is -0.507 e. The van der Waals surface area contributed by atoms with Gasteiger partial charge in [0, 0.05) is 29.4 Å². The molecule has 0 bridgehead atoms. The fourth-order valence-corrected chi connectivity index (χ4v) is 4.07. The van der Waals surface area contributed by atoms with E-state index in [1.165, 1.54) is 35.8 Å². The van der Waals surface area contributed by atoms with Crippen molar-refractivity contribution in [3.8, 4) is 5.75 Å². The molecule has 2 nitrogen and oxygen atoms in total. The van der Waals surface area contributed by atoms with Crippen LogP contribution >= 0.6 is 8.58 Å². The van der Waals surface area contributed by atoms with E-state index in [1.54, 1.807) is 6.07 Å². The largest absolute Gasteiger partial charge is 0.507 e. The van der Waals surface area contributed by atoms with Crippen molar-refractivity contribution in [3.63, 3.8) is 0 Å². The van der Waals surface area contributed by atoms with Crippen LogP contribution in [0.25, 0.3) is 0 Å². The van der Waals surface area contributed by atoms with Crippen LogP contribution in [0, 0.1) is 6.92 Å². The molecule has 3 rings (SSSR count). The Balaban J connectivity index is 1.92. The lowest BCUT2D eigenvalue weighted by atomic mass is 10.1. The van der Waals surface area contributed by atoms with Crippen molar-refractivity contribution in [2.45, 2.75) is 26.2 Å². The molecule has 1 heterocycles. The molecule has 3 heteroatoms. The van der Waals surface area contributed by atoms with Crippen LogP contribution in [0.2, 0.25) is 0 Å². The third-order valence-corrected chi connectivity index (χ3v) is 5.41. The van der Waals surface area contributed by atoms with Crippen LogP contribution in [0.3, 0.4) is 0 Å². The molecule has 2 aromatic carbocycles. The van der Waals surface area contributed by atoms with Gasteiger partial charge in [-0.3, -0.25) is 0 Å². The van der Waals surface area contributed by atoms with E-state index in [9.17, 15) is 5.11 Å². The third kappa shape index (κ3) is 3.39. The highest BCUT2D eigenvalue weighted by molar-refractivity contribution is 7.56. The Morgan fingerprint density at radius 2 is 1.71 bits per heavy atom. The maximum atomic E-state index is 10.0. The van der Waals surface area contributed by atoms with Gasteiger partial charge in [0.25, 0.3) is 0 Å². The number of hydrogen-bond donors (Lipinski definition) is 1. The van der Waals surface area contributed by atoms with Gasteiger partial charge in [0.05, 0.1) is 0 Å². The van der Waals surface area contributed by atoms with Gasteiger partial charge in [0.1, 0.15) is 5.75 Å². The average Bonchev–Trinajstić information content (AvgIpc) is 2.52. The predicted octanol–water partition coefficient (Wildman–Crippen LogP) is 3.32. The molecule has 1 aliphatic rings. The quantitative estimate of drug-likeness (QED) is 0.879. The molecular weight excluding hydrogens is 277 g/mol. The molecule has 0 aromatic heterocycles. The second kappa shape index (κ2) is 6.49. The van der Waals surface area contributed by atoms with E-state index >= 15 is 0 Å². The molecule has 1 saturated heterocycles. The summed E-state index contributed by atoms with van der Waals surface area (Å²) in [5.74, 6) is 0.404.